The van der Waals surface area contributed by atoms with Crippen molar-refractivity contribution in [3.8, 4) is 5.75 Å². The molecule has 0 atom stereocenters. The van der Waals surface area contributed by atoms with Crippen LogP contribution in [0.2, 0.25) is 0 Å². The molecule has 0 radical (unpaired) electrons. The zero-order chi connectivity index (χ0) is 13.1. The number of rotatable bonds is 4. The first kappa shape index (κ1) is 12.9. The van der Waals surface area contributed by atoms with Gasteiger partial charge in [-0.15, -0.1) is 0 Å². The maximum absolute atomic E-state index is 10.6. The molecule has 0 aliphatic carbocycles. The van der Waals surface area contributed by atoms with Crippen LogP contribution in [-0.2, 0) is 11.2 Å². The van der Waals surface area contributed by atoms with Gasteiger partial charge in [-0.3, -0.25) is 4.79 Å². The molecule has 0 saturated carbocycles. The van der Waals surface area contributed by atoms with Crippen LogP contribution in [0, 0.1) is 0 Å². The van der Waals surface area contributed by atoms with Crippen LogP contribution in [0.15, 0.2) is 34.8 Å². The number of carbonyl (C=O) groups is 1. The molecule has 0 fully saturated rings. The summed E-state index contributed by atoms with van der Waals surface area (Å²) in [4.78, 5) is 10.6. The van der Waals surface area contributed by atoms with E-state index in [0.29, 0.717) is 6.42 Å². The summed E-state index contributed by atoms with van der Waals surface area (Å²) in [5, 5.41) is 10.9. The van der Waals surface area contributed by atoms with E-state index in [1.807, 2.05) is 30.3 Å². The smallest absolute Gasteiger partial charge is 0.303 e. The maximum Gasteiger partial charge on any atom is 0.303 e. The minimum Gasteiger partial charge on any atom is -0.496 e. The molecule has 0 heterocycles. The van der Waals surface area contributed by atoms with Crippen LogP contribution in [0.4, 0.5) is 0 Å². The van der Waals surface area contributed by atoms with Crippen molar-refractivity contribution in [3.05, 3.63) is 40.4 Å². The molecule has 18 heavy (non-hydrogen) atoms. The monoisotopic (exact) mass is 308 g/mol. The number of hydrogen-bond acceptors (Lipinski definition) is 2. The number of carboxylic acids is 1. The van der Waals surface area contributed by atoms with Gasteiger partial charge in [0.25, 0.3) is 0 Å². The van der Waals surface area contributed by atoms with Gasteiger partial charge in [0.2, 0.25) is 0 Å². The van der Waals surface area contributed by atoms with E-state index >= 15 is 0 Å². The number of carboxylic acid groups (broad SMARTS) is 1. The molecule has 0 aliphatic heterocycles. The van der Waals surface area contributed by atoms with Crippen molar-refractivity contribution in [1.82, 2.24) is 0 Å². The Labute approximate surface area is 114 Å². The standard InChI is InChI=1S/C14H13BrO3/c1-18-13-8-9-2-4-12(15)7-11(9)6-10(13)3-5-14(16)17/h2,4,6-8H,3,5H2,1H3,(H,16,17). The number of fused-ring (bicyclic) bond motifs is 1. The average Bonchev–Trinajstić information content (AvgIpc) is 2.35. The molecule has 0 aliphatic rings. The number of halogens is 1. The molecule has 94 valence electrons. The van der Waals surface area contributed by atoms with Crippen LogP contribution in [-0.4, -0.2) is 18.2 Å². The summed E-state index contributed by atoms with van der Waals surface area (Å²) in [6.45, 7) is 0. The van der Waals surface area contributed by atoms with Crippen LogP contribution in [0.3, 0.4) is 0 Å². The fourth-order valence-electron chi connectivity index (χ4n) is 1.92. The molecular formula is C14H13BrO3. The van der Waals surface area contributed by atoms with Crippen LogP contribution >= 0.6 is 15.9 Å². The molecular weight excluding hydrogens is 296 g/mol. The van der Waals surface area contributed by atoms with Gasteiger partial charge in [-0.25, -0.2) is 0 Å². The van der Waals surface area contributed by atoms with Crippen molar-refractivity contribution in [1.29, 1.82) is 0 Å². The van der Waals surface area contributed by atoms with Crippen molar-refractivity contribution >= 4 is 32.7 Å². The molecule has 3 nitrogen and oxygen atoms in total. The molecule has 2 aromatic rings. The van der Waals surface area contributed by atoms with Crippen LogP contribution in [0.5, 0.6) is 5.75 Å². The molecule has 0 aromatic heterocycles. The van der Waals surface area contributed by atoms with E-state index in [9.17, 15) is 4.79 Å². The Balaban J connectivity index is 2.46. The lowest BCUT2D eigenvalue weighted by Crippen LogP contribution is -1.99. The van der Waals surface area contributed by atoms with Gasteiger partial charge in [-0.2, -0.15) is 0 Å². The molecule has 0 spiro atoms. The summed E-state index contributed by atoms with van der Waals surface area (Å²) in [6.07, 6.45) is 0.580. The Morgan fingerprint density at radius 2 is 2.06 bits per heavy atom. The van der Waals surface area contributed by atoms with E-state index < -0.39 is 5.97 Å². The van der Waals surface area contributed by atoms with Gasteiger partial charge in [0, 0.05) is 10.9 Å². The summed E-state index contributed by atoms with van der Waals surface area (Å²) in [7, 11) is 1.60. The number of hydrogen-bond donors (Lipinski definition) is 1. The van der Waals surface area contributed by atoms with Gasteiger partial charge >= 0.3 is 5.97 Å². The minimum atomic E-state index is -0.800. The molecule has 0 saturated heterocycles. The molecule has 0 unspecified atom stereocenters. The summed E-state index contributed by atoms with van der Waals surface area (Å²) in [5.74, 6) is -0.0579. The fraction of sp³-hybridized carbons (Fsp3) is 0.214. The Morgan fingerprint density at radius 3 is 2.72 bits per heavy atom. The van der Waals surface area contributed by atoms with Crippen LogP contribution in [0.25, 0.3) is 10.8 Å². The number of ether oxygens (including phenoxy) is 1. The summed E-state index contributed by atoms with van der Waals surface area (Å²) in [5.41, 5.74) is 0.922. The van der Waals surface area contributed by atoms with E-state index in [-0.39, 0.29) is 6.42 Å². The first-order valence-corrected chi connectivity index (χ1v) is 6.37. The molecule has 0 amide bonds. The van der Waals surface area contributed by atoms with E-state index in [4.69, 9.17) is 9.84 Å². The van der Waals surface area contributed by atoms with Gasteiger partial charge in [-0.1, -0.05) is 22.0 Å². The third kappa shape index (κ3) is 2.82. The lowest BCUT2D eigenvalue weighted by Gasteiger charge is -2.10. The predicted molar refractivity (Wildman–Crippen MR) is 74.2 cm³/mol. The second-order valence-electron chi connectivity index (χ2n) is 4.05. The zero-order valence-corrected chi connectivity index (χ0v) is 11.5. The highest BCUT2D eigenvalue weighted by atomic mass is 79.9. The number of aliphatic carboxylic acids is 1. The van der Waals surface area contributed by atoms with E-state index in [2.05, 4.69) is 15.9 Å². The van der Waals surface area contributed by atoms with Crippen LogP contribution in [0.1, 0.15) is 12.0 Å². The lowest BCUT2D eigenvalue weighted by molar-refractivity contribution is -0.136. The summed E-state index contributed by atoms with van der Waals surface area (Å²) < 4.78 is 6.32. The zero-order valence-electron chi connectivity index (χ0n) is 9.94. The van der Waals surface area contributed by atoms with Gasteiger partial charge in [-0.05, 0) is 47.0 Å². The predicted octanol–water partition coefficient (Wildman–Crippen LogP) is 3.63. The van der Waals surface area contributed by atoms with Gasteiger partial charge in [0.15, 0.2) is 0 Å². The molecule has 2 rings (SSSR count). The number of methoxy groups -OCH3 is 1. The Hall–Kier alpha value is -1.55. The van der Waals surface area contributed by atoms with Gasteiger partial charge in [0.1, 0.15) is 5.75 Å². The van der Waals surface area contributed by atoms with Gasteiger partial charge in [0.05, 0.1) is 7.11 Å². The first-order chi connectivity index (χ1) is 8.60. The molecule has 2 aromatic carbocycles. The van der Waals surface area contributed by atoms with E-state index in [1.54, 1.807) is 7.11 Å². The second kappa shape index (κ2) is 5.40. The molecule has 4 heteroatoms. The second-order valence-corrected chi connectivity index (χ2v) is 4.96. The Morgan fingerprint density at radius 1 is 1.28 bits per heavy atom. The van der Waals surface area contributed by atoms with Crippen LogP contribution < -0.4 is 4.74 Å². The van der Waals surface area contributed by atoms with Gasteiger partial charge < -0.3 is 9.84 Å². The fourth-order valence-corrected chi connectivity index (χ4v) is 2.30. The first-order valence-electron chi connectivity index (χ1n) is 5.58. The highest BCUT2D eigenvalue weighted by Gasteiger charge is 2.08. The molecule has 0 bridgehead atoms. The van der Waals surface area contributed by atoms with Crippen molar-refractivity contribution in [2.24, 2.45) is 0 Å². The highest BCUT2D eigenvalue weighted by Crippen LogP contribution is 2.28. The largest absolute Gasteiger partial charge is 0.496 e. The van der Waals surface area contributed by atoms with Crippen molar-refractivity contribution < 1.29 is 14.6 Å². The number of benzene rings is 2. The molecule has 1 N–H and O–H groups in total. The third-order valence-electron chi connectivity index (χ3n) is 2.81. The minimum absolute atomic E-state index is 0.107. The summed E-state index contributed by atoms with van der Waals surface area (Å²) >= 11 is 3.43. The normalized spacial score (nSPS) is 10.6. The SMILES string of the molecule is COc1cc2ccc(Br)cc2cc1CCC(=O)O. The Bertz CT molecular complexity index is 593. The Kier molecular flexibility index (Phi) is 3.87. The maximum atomic E-state index is 10.6. The van der Waals surface area contributed by atoms with Crippen molar-refractivity contribution in [2.45, 2.75) is 12.8 Å². The average molecular weight is 309 g/mol. The highest BCUT2D eigenvalue weighted by molar-refractivity contribution is 9.10. The lowest BCUT2D eigenvalue weighted by atomic mass is 10.0. The van der Waals surface area contributed by atoms with Crippen molar-refractivity contribution in [3.63, 3.8) is 0 Å². The topological polar surface area (TPSA) is 46.5 Å². The third-order valence-corrected chi connectivity index (χ3v) is 3.30. The van der Waals surface area contributed by atoms with E-state index in [0.717, 1.165) is 26.6 Å². The quantitative estimate of drug-likeness (QED) is 0.938. The number of aryl methyl sites for hydroxylation is 1. The van der Waals surface area contributed by atoms with E-state index in [1.165, 1.54) is 0 Å². The van der Waals surface area contributed by atoms with Crippen molar-refractivity contribution in [2.75, 3.05) is 7.11 Å². The summed E-state index contributed by atoms with van der Waals surface area (Å²) in [6, 6.07) is 9.92.